The smallest absolute Gasteiger partial charge is 0.225 e. The first-order chi connectivity index (χ1) is 17.3. The van der Waals surface area contributed by atoms with Gasteiger partial charge in [-0.1, -0.05) is 25.5 Å². The number of aryl methyl sites for hydroxylation is 1. The maximum Gasteiger partial charge on any atom is 0.225 e. The minimum absolute atomic E-state index is 0.155. The van der Waals surface area contributed by atoms with Gasteiger partial charge in [0.2, 0.25) is 16.0 Å². The summed E-state index contributed by atoms with van der Waals surface area (Å²) in [4.78, 5) is 11.5. The monoisotopic (exact) mass is 510 g/mol. The summed E-state index contributed by atoms with van der Waals surface area (Å²) in [5.41, 5.74) is 4.68. The molecular weight excluding hydrogens is 472 g/mol. The molecule has 0 bridgehead atoms. The number of anilines is 1. The van der Waals surface area contributed by atoms with Crippen molar-refractivity contribution in [2.45, 2.75) is 64.9 Å². The number of nitrogens with zero attached hydrogens (tertiary/aromatic N) is 4. The van der Waals surface area contributed by atoms with E-state index in [-0.39, 0.29) is 11.4 Å². The Morgan fingerprint density at radius 1 is 1.11 bits per heavy atom. The Hall–Kier alpha value is -2.45. The molecule has 1 saturated heterocycles. The predicted molar refractivity (Wildman–Crippen MR) is 144 cm³/mol. The average Bonchev–Trinajstić information content (AvgIpc) is 3.26. The molecule has 36 heavy (non-hydrogen) atoms. The Morgan fingerprint density at radius 2 is 1.86 bits per heavy atom. The zero-order valence-electron chi connectivity index (χ0n) is 21.7. The first kappa shape index (κ1) is 25.2. The van der Waals surface area contributed by atoms with E-state index >= 15 is 0 Å². The molecule has 1 aromatic heterocycles. The number of hydrogen-bond acceptors (Lipinski definition) is 6. The maximum absolute atomic E-state index is 12.2. The van der Waals surface area contributed by atoms with Gasteiger partial charge in [-0.3, -0.25) is 0 Å². The van der Waals surface area contributed by atoms with E-state index in [0.29, 0.717) is 19.0 Å². The Kier molecular flexibility index (Phi) is 7.10. The van der Waals surface area contributed by atoms with Crippen LogP contribution in [0.15, 0.2) is 36.7 Å². The molecule has 7 nitrogen and oxygen atoms in total. The number of aromatic nitrogens is 2. The zero-order valence-corrected chi connectivity index (χ0v) is 22.6. The summed E-state index contributed by atoms with van der Waals surface area (Å²) in [5.74, 6) is 2.46. The first-order valence-corrected chi connectivity index (χ1v) is 15.0. The van der Waals surface area contributed by atoms with E-state index in [1.54, 1.807) is 11.2 Å². The highest BCUT2D eigenvalue weighted by atomic mass is 32.2. The highest BCUT2D eigenvalue weighted by Crippen LogP contribution is 2.44. The summed E-state index contributed by atoms with van der Waals surface area (Å²) in [5, 5.41) is 0. The summed E-state index contributed by atoms with van der Waals surface area (Å²) in [7, 11) is -3.13. The number of fused-ring (bicyclic) bond motifs is 1. The SMILES string of the molecule is CCCc1cnc(N2CCC(C3(C)Cc4cc(C5=CCN(S(=O)(=O)CC)CC5)ccc4O3)CC2)nc1. The van der Waals surface area contributed by atoms with Crippen molar-refractivity contribution in [1.82, 2.24) is 14.3 Å². The van der Waals surface area contributed by atoms with E-state index in [4.69, 9.17) is 4.74 Å². The number of benzene rings is 1. The van der Waals surface area contributed by atoms with Gasteiger partial charge in [0.25, 0.3) is 0 Å². The molecule has 1 atom stereocenters. The third kappa shape index (κ3) is 5.02. The Morgan fingerprint density at radius 3 is 2.50 bits per heavy atom. The third-order valence-corrected chi connectivity index (χ3v) is 9.97. The molecule has 0 saturated carbocycles. The molecule has 0 amide bonds. The third-order valence-electron chi connectivity index (χ3n) is 8.12. The molecule has 0 radical (unpaired) electrons. The quantitative estimate of drug-likeness (QED) is 0.547. The van der Waals surface area contributed by atoms with E-state index in [0.717, 1.165) is 63.3 Å². The summed E-state index contributed by atoms with van der Waals surface area (Å²) in [6, 6.07) is 6.49. The maximum atomic E-state index is 12.2. The highest BCUT2D eigenvalue weighted by molar-refractivity contribution is 7.89. The summed E-state index contributed by atoms with van der Waals surface area (Å²) in [6.07, 6.45) is 11.9. The number of rotatable bonds is 7. The van der Waals surface area contributed by atoms with Crippen molar-refractivity contribution in [2.24, 2.45) is 5.92 Å². The van der Waals surface area contributed by atoms with Crippen LogP contribution < -0.4 is 9.64 Å². The van der Waals surface area contributed by atoms with Gasteiger partial charge in [-0.05, 0) is 73.9 Å². The molecule has 3 aliphatic heterocycles. The van der Waals surface area contributed by atoms with Crippen LogP contribution in [-0.4, -0.2) is 60.2 Å². The fourth-order valence-corrected chi connectivity index (χ4v) is 6.91. The Bertz CT molecular complexity index is 1220. The van der Waals surface area contributed by atoms with Crippen LogP contribution in [0, 0.1) is 5.92 Å². The molecule has 5 rings (SSSR count). The van der Waals surface area contributed by atoms with Gasteiger partial charge in [0, 0.05) is 50.9 Å². The first-order valence-electron chi connectivity index (χ1n) is 13.4. The molecule has 1 unspecified atom stereocenters. The fraction of sp³-hybridized carbons (Fsp3) is 0.571. The molecule has 0 spiro atoms. The molecule has 1 aromatic carbocycles. The van der Waals surface area contributed by atoms with Gasteiger partial charge in [-0.2, -0.15) is 4.31 Å². The lowest BCUT2D eigenvalue weighted by Gasteiger charge is -2.40. The second-order valence-corrected chi connectivity index (χ2v) is 12.8. The molecule has 0 N–H and O–H groups in total. The topological polar surface area (TPSA) is 75.6 Å². The molecule has 194 valence electrons. The van der Waals surface area contributed by atoms with E-state index in [9.17, 15) is 8.42 Å². The van der Waals surface area contributed by atoms with Gasteiger partial charge < -0.3 is 9.64 Å². The molecular formula is C28H38N4O3S. The lowest BCUT2D eigenvalue weighted by molar-refractivity contribution is 0.0349. The van der Waals surface area contributed by atoms with Crippen molar-refractivity contribution in [3.63, 3.8) is 0 Å². The average molecular weight is 511 g/mol. The van der Waals surface area contributed by atoms with Gasteiger partial charge in [-0.15, -0.1) is 0 Å². The van der Waals surface area contributed by atoms with Crippen molar-refractivity contribution in [3.8, 4) is 5.75 Å². The van der Waals surface area contributed by atoms with Gasteiger partial charge >= 0.3 is 0 Å². The van der Waals surface area contributed by atoms with E-state index in [1.165, 1.54) is 22.3 Å². The predicted octanol–water partition coefficient (Wildman–Crippen LogP) is 4.48. The number of piperidine rings is 1. The Labute approximate surface area is 215 Å². The fourth-order valence-electron chi connectivity index (χ4n) is 5.88. The van der Waals surface area contributed by atoms with Crippen LogP contribution in [-0.2, 0) is 22.9 Å². The molecule has 1 fully saturated rings. The lowest BCUT2D eigenvalue weighted by Crippen LogP contribution is -2.46. The normalized spacial score (nSPS) is 23.3. The standard InChI is InChI=1S/C28H38N4O3S/c1-4-6-21-19-29-27(30-20-21)31-13-11-25(12-14-31)28(3)18-24-17-23(7-8-26(24)35-28)22-9-15-32(16-10-22)36(33,34)5-2/h7-9,17,19-20,25H,4-6,10-16,18H2,1-3H3. The van der Waals surface area contributed by atoms with E-state index < -0.39 is 10.0 Å². The summed E-state index contributed by atoms with van der Waals surface area (Å²) in [6.45, 7) is 9.04. The lowest BCUT2D eigenvalue weighted by atomic mass is 9.79. The van der Waals surface area contributed by atoms with Crippen LogP contribution in [0.5, 0.6) is 5.75 Å². The minimum Gasteiger partial charge on any atom is -0.487 e. The highest BCUT2D eigenvalue weighted by Gasteiger charge is 2.43. The van der Waals surface area contributed by atoms with E-state index in [1.807, 2.05) is 12.4 Å². The van der Waals surface area contributed by atoms with Gasteiger partial charge in [-0.25, -0.2) is 18.4 Å². The van der Waals surface area contributed by atoms with Crippen LogP contribution >= 0.6 is 0 Å². The number of sulfonamides is 1. The molecule has 0 aliphatic carbocycles. The molecule has 3 aliphatic rings. The molecule has 4 heterocycles. The van der Waals surface area contributed by atoms with Crippen molar-refractivity contribution in [1.29, 1.82) is 0 Å². The number of ether oxygens (including phenoxy) is 1. The van der Waals surface area contributed by atoms with Crippen molar-refractivity contribution in [3.05, 3.63) is 53.4 Å². The minimum atomic E-state index is -3.13. The number of hydrogen-bond donors (Lipinski definition) is 0. The van der Waals surface area contributed by atoms with Crippen LogP contribution in [0.2, 0.25) is 0 Å². The molecule has 8 heteroatoms. The van der Waals surface area contributed by atoms with Crippen LogP contribution in [0.3, 0.4) is 0 Å². The Balaban J connectivity index is 1.21. The van der Waals surface area contributed by atoms with Gasteiger partial charge in [0.05, 0.1) is 5.75 Å². The van der Waals surface area contributed by atoms with Crippen molar-refractivity contribution >= 4 is 21.5 Å². The van der Waals surface area contributed by atoms with Crippen LogP contribution in [0.4, 0.5) is 5.95 Å². The van der Waals surface area contributed by atoms with Crippen molar-refractivity contribution in [2.75, 3.05) is 36.8 Å². The second-order valence-electron chi connectivity index (χ2n) is 10.6. The van der Waals surface area contributed by atoms with Crippen molar-refractivity contribution < 1.29 is 13.2 Å². The van der Waals surface area contributed by atoms with E-state index in [2.05, 4.69) is 53.0 Å². The largest absolute Gasteiger partial charge is 0.487 e. The zero-order chi connectivity index (χ0) is 25.3. The summed E-state index contributed by atoms with van der Waals surface area (Å²) < 4.78 is 32.5. The van der Waals surface area contributed by atoms with Gasteiger partial charge in [0.1, 0.15) is 11.4 Å². The van der Waals surface area contributed by atoms with Gasteiger partial charge in [0.15, 0.2) is 0 Å². The second kappa shape index (κ2) is 10.1. The van der Waals surface area contributed by atoms with Crippen LogP contribution in [0.25, 0.3) is 5.57 Å². The summed E-state index contributed by atoms with van der Waals surface area (Å²) >= 11 is 0. The van der Waals surface area contributed by atoms with Crippen LogP contribution in [0.1, 0.15) is 63.1 Å². The molecule has 2 aromatic rings.